The van der Waals surface area contributed by atoms with E-state index in [4.69, 9.17) is 4.74 Å². The van der Waals surface area contributed by atoms with Crippen LogP contribution >= 0.6 is 0 Å². The summed E-state index contributed by atoms with van der Waals surface area (Å²) < 4.78 is 31.0. The predicted octanol–water partition coefficient (Wildman–Crippen LogP) is 2.36. The SMILES string of the molecule is COc1ccccc1C(C)(C)n1cc(C2CCCS(=O)(=O)C2)nn1. The minimum absolute atomic E-state index is 0.0639. The van der Waals surface area contributed by atoms with Crippen LogP contribution in [0.25, 0.3) is 0 Å². The fourth-order valence-electron chi connectivity index (χ4n) is 3.27. The number of para-hydroxylation sites is 1. The summed E-state index contributed by atoms with van der Waals surface area (Å²) in [4.78, 5) is 0. The van der Waals surface area contributed by atoms with Crippen LogP contribution in [-0.2, 0) is 15.4 Å². The van der Waals surface area contributed by atoms with Gasteiger partial charge in [-0.1, -0.05) is 23.4 Å². The van der Waals surface area contributed by atoms with Crippen molar-refractivity contribution in [3.63, 3.8) is 0 Å². The van der Waals surface area contributed by atoms with E-state index < -0.39 is 15.4 Å². The first-order valence-electron chi connectivity index (χ1n) is 8.10. The van der Waals surface area contributed by atoms with Gasteiger partial charge in [0.05, 0.1) is 29.8 Å². The average Bonchev–Trinajstić information content (AvgIpc) is 3.04. The Kier molecular flexibility index (Phi) is 4.38. The normalized spacial score (nSPS) is 20.7. The van der Waals surface area contributed by atoms with E-state index in [1.807, 2.05) is 44.3 Å². The second kappa shape index (κ2) is 6.20. The Bertz CT molecular complexity index is 827. The van der Waals surface area contributed by atoms with Crippen LogP contribution in [0, 0.1) is 0 Å². The van der Waals surface area contributed by atoms with Gasteiger partial charge in [0.25, 0.3) is 0 Å². The third kappa shape index (κ3) is 3.17. The molecule has 1 fully saturated rings. The van der Waals surface area contributed by atoms with E-state index in [0.29, 0.717) is 6.42 Å². The molecular weight excluding hydrogens is 326 g/mol. The van der Waals surface area contributed by atoms with Crippen LogP contribution in [0.5, 0.6) is 5.75 Å². The molecule has 6 nitrogen and oxygen atoms in total. The molecule has 2 heterocycles. The lowest BCUT2D eigenvalue weighted by atomic mass is 9.93. The van der Waals surface area contributed by atoms with Gasteiger partial charge in [-0.25, -0.2) is 13.1 Å². The van der Waals surface area contributed by atoms with Gasteiger partial charge < -0.3 is 4.74 Å². The Hall–Kier alpha value is -1.89. The molecule has 1 unspecified atom stereocenters. The smallest absolute Gasteiger partial charge is 0.150 e. The summed E-state index contributed by atoms with van der Waals surface area (Å²) in [6.07, 6.45) is 3.40. The molecule has 3 rings (SSSR count). The fraction of sp³-hybridized carbons (Fsp3) is 0.529. The number of hydrogen-bond donors (Lipinski definition) is 0. The lowest BCUT2D eigenvalue weighted by molar-refractivity contribution is 0.347. The van der Waals surface area contributed by atoms with Gasteiger partial charge in [0.1, 0.15) is 5.75 Å². The van der Waals surface area contributed by atoms with Gasteiger partial charge in [-0.15, -0.1) is 5.10 Å². The second-order valence-corrected chi connectivity index (χ2v) is 9.03. The van der Waals surface area contributed by atoms with Crippen LogP contribution in [0.1, 0.15) is 43.9 Å². The molecule has 0 saturated carbocycles. The van der Waals surface area contributed by atoms with E-state index in [-0.39, 0.29) is 17.4 Å². The van der Waals surface area contributed by atoms with E-state index >= 15 is 0 Å². The lowest BCUT2D eigenvalue weighted by Crippen LogP contribution is -2.29. The van der Waals surface area contributed by atoms with E-state index in [1.54, 1.807) is 11.8 Å². The summed E-state index contributed by atoms with van der Waals surface area (Å²) in [5, 5.41) is 8.54. The molecule has 1 aliphatic heterocycles. The van der Waals surface area contributed by atoms with Crippen molar-refractivity contribution < 1.29 is 13.2 Å². The Morgan fingerprint density at radius 2 is 2.04 bits per heavy atom. The van der Waals surface area contributed by atoms with Crippen LogP contribution in [0.4, 0.5) is 0 Å². The van der Waals surface area contributed by atoms with Gasteiger partial charge in [0.15, 0.2) is 9.84 Å². The average molecular weight is 349 g/mol. The summed E-state index contributed by atoms with van der Waals surface area (Å²) in [7, 11) is -1.32. The molecule has 0 N–H and O–H groups in total. The van der Waals surface area contributed by atoms with Gasteiger partial charge in [0.2, 0.25) is 0 Å². The molecular formula is C17H23N3O3S. The van der Waals surface area contributed by atoms with Crippen molar-refractivity contribution in [2.24, 2.45) is 0 Å². The van der Waals surface area contributed by atoms with E-state index in [0.717, 1.165) is 23.4 Å². The van der Waals surface area contributed by atoms with Crippen molar-refractivity contribution in [3.05, 3.63) is 41.7 Å². The van der Waals surface area contributed by atoms with Gasteiger partial charge in [-0.3, -0.25) is 0 Å². The highest BCUT2D eigenvalue weighted by Gasteiger charge is 2.31. The Labute approximate surface area is 142 Å². The predicted molar refractivity (Wildman–Crippen MR) is 92.1 cm³/mol. The first-order valence-corrected chi connectivity index (χ1v) is 9.92. The molecule has 1 aromatic carbocycles. The Balaban J connectivity index is 1.92. The van der Waals surface area contributed by atoms with E-state index in [9.17, 15) is 8.42 Å². The molecule has 24 heavy (non-hydrogen) atoms. The molecule has 1 saturated heterocycles. The van der Waals surface area contributed by atoms with Gasteiger partial charge in [-0.05, 0) is 32.8 Å². The van der Waals surface area contributed by atoms with Crippen LogP contribution in [0.3, 0.4) is 0 Å². The molecule has 1 aliphatic rings. The third-order valence-electron chi connectivity index (χ3n) is 4.73. The topological polar surface area (TPSA) is 74.1 Å². The maximum Gasteiger partial charge on any atom is 0.150 e. The zero-order valence-corrected chi connectivity index (χ0v) is 15.1. The number of methoxy groups -OCH3 is 1. The van der Waals surface area contributed by atoms with Crippen molar-refractivity contribution >= 4 is 9.84 Å². The zero-order chi connectivity index (χ0) is 17.4. The van der Waals surface area contributed by atoms with E-state index in [2.05, 4.69) is 10.3 Å². The first kappa shape index (κ1) is 17.0. The summed E-state index contributed by atoms with van der Waals surface area (Å²) in [5.41, 5.74) is 1.30. The molecule has 1 atom stereocenters. The van der Waals surface area contributed by atoms with Crippen LogP contribution in [-0.4, -0.2) is 42.0 Å². The molecule has 0 spiro atoms. The highest BCUT2D eigenvalue weighted by molar-refractivity contribution is 7.91. The lowest BCUT2D eigenvalue weighted by Gasteiger charge is -2.27. The standard InChI is InChI=1S/C17H23N3O3S/c1-17(2,14-8-4-5-9-16(14)23-3)20-11-15(18-19-20)13-7-6-10-24(21,22)12-13/h4-5,8-9,11,13H,6-7,10,12H2,1-3H3. The van der Waals surface area contributed by atoms with Crippen LogP contribution < -0.4 is 4.74 Å². The number of sulfone groups is 1. The minimum atomic E-state index is -2.97. The first-order chi connectivity index (χ1) is 11.3. The Morgan fingerprint density at radius 1 is 1.29 bits per heavy atom. The third-order valence-corrected chi connectivity index (χ3v) is 6.55. The Morgan fingerprint density at radius 3 is 2.75 bits per heavy atom. The monoisotopic (exact) mass is 349 g/mol. The molecule has 130 valence electrons. The molecule has 0 radical (unpaired) electrons. The maximum absolute atomic E-state index is 11.9. The molecule has 2 aromatic rings. The number of ether oxygens (including phenoxy) is 1. The fourth-order valence-corrected chi connectivity index (χ4v) is 4.99. The number of benzene rings is 1. The van der Waals surface area contributed by atoms with Gasteiger partial charge in [0, 0.05) is 17.7 Å². The summed E-state index contributed by atoms with van der Waals surface area (Å²) in [6.45, 7) is 4.09. The van der Waals surface area contributed by atoms with Crippen molar-refractivity contribution in [3.8, 4) is 5.75 Å². The summed E-state index contributed by atoms with van der Waals surface area (Å²) in [6, 6.07) is 7.82. The van der Waals surface area contributed by atoms with Gasteiger partial charge >= 0.3 is 0 Å². The number of aromatic nitrogens is 3. The number of rotatable bonds is 4. The van der Waals surface area contributed by atoms with Crippen molar-refractivity contribution in [1.82, 2.24) is 15.0 Å². The van der Waals surface area contributed by atoms with Crippen molar-refractivity contribution in [2.75, 3.05) is 18.6 Å². The number of hydrogen-bond acceptors (Lipinski definition) is 5. The van der Waals surface area contributed by atoms with Gasteiger partial charge in [-0.2, -0.15) is 0 Å². The van der Waals surface area contributed by atoms with Crippen molar-refractivity contribution in [1.29, 1.82) is 0 Å². The molecule has 0 amide bonds. The molecule has 0 aliphatic carbocycles. The summed E-state index contributed by atoms with van der Waals surface area (Å²) in [5.74, 6) is 1.18. The number of nitrogens with zero attached hydrogens (tertiary/aromatic N) is 3. The highest BCUT2D eigenvalue weighted by Crippen LogP contribution is 2.33. The maximum atomic E-state index is 11.9. The zero-order valence-electron chi connectivity index (χ0n) is 14.3. The highest BCUT2D eigenvalue weighted by atomic mass is 32.2. The summed E-state index contributed by atoms with van der Waals surface area (Å²) >= 11 is 0. The molecule has 1 aromatic heterocycles. The van der Waals surface area contributed by atoms with Crippen molar-refractivity contribution in [2.45, 2.75) is 38.1 Å². The quantitative estimate of drug-likeness (QED) is 0.847. The van der Waals surface area contributed by atoms with Crippen LogP contribution in [0.2, 0.25) is 0 Å². The van der Waals surface area contributed by atoms with Crippen LogP contribution in [0.15, 0.2) is 30.5 Å². The molecule has 7 heteroatoms. The van der Waals surface area contributed by atoms with E-state index in [1.165, 1.54) is 0 Å². The molecule has 0 bridgehead atoms. The second-order valence-electron chi connectivity index (χ2n) is 6.80. The minimum Gasteiger partial charge on any atom is -0.496 e. The largest absolute Gasteiger partial charge is 0.496 e.